The van der Waals surface area contributed by atoms with Crippen LogP contribution in [0.2, 0.25) is 0 Å². The molecule has 0 aromatic carbocycles. The molecule has 11 nitrogen and oxygen atoms in total. The predicted octanol–water partition coefficient (Wildman–Crippen LogP) is 0.589. The third-order valence-electron chi connectivity index (χ3n) is 4.77. The molecule has 198 valence electrons. The smallest absolute Gasteiger partial charge is 0.319 e. The molecule has 0 saturated heterocycles. The van der Waals surface area contributed by atoms with Gasteiger partial charge in [-0.2, -0.15) is 0 Å². The van der Waals surface area contributed by atoms with Crippen LogP contribution < -0.4 is 0 Å². The van der Waals surface area contributed by atoms with Gasteiger partial charge < -0.3 is 23.7 Å². The predicted molar refractivity (Wildman–Crippen MR) is 128 cm³/mol. The van der Waals surface area contributed by atoms with Crippen molar-refractivity contribution < 1.29 is 42.9 Å². The van der Waals surface area contributed by atoms with Crippen molar-refractivity contribution in [3.63, 3.8) is 0 Å². The van der Waals surface area contributed by atoms with Crippen molar-refractivity contribution in [2.45, 2.75) is 38.9 Å². The lowest BCUT2D eigenvalue weighted by molar-refractivity contribution is -0.147. The summed E-state index contributed by atoms with van der Waals surface area (Å²) in [7, 11) is 5.38. The van der Waals surface area contributed by atoms with Gasteiger partial charge in [0.1, 0.15) is 0 Å². The summed E-state index contributed by atoms with van der Waals surface area (Å²) in [4.78, 5) is 51.0. The Labute approximate surface area is 206 Å². The maximum Gasteiger partial charge on any atom is 0.319 e. The van der Waals surface area contributed by atoms with Gasteiger partial charge in [-0.15, -0.1) is 0 Å². The number of hydrogen-bond donors (Lipinski definition) is 0. The monoisotopic (exact) mass is 508 g/mol. The van der Waals surface area contributed by atoms with Crippen LogP contribution in [0.25, 0.3) is 0 Å². The molecule has 0 radical (unpaired) electrons. The highest BCUT2D eigenvalue weighted by atomic mass is 32.2. The van der Waals surface area contributed by atoms with Crippen LogP contribution in [0.15, 0.2) is 0 Å². The van der Waals surface area contributed by atoms with E-state index in [4.69, 9.17) is 14.2 Å². The molecule has 0 rings (SSSR count). The van der Waals surface area contributed by atoms with E-state index in [2.05, 4.69) is 9.47 Å². The summed E-state index contributed by atoms with van der Waals surface area (Å²) in [6, 6.07) is 0. The lowest BCUT2D eigenvalue weighted by atomic mass is 10.1. The SMILES string of the molecule is COC(=O)CN(CCN(CC(=O)OC)CC(=O)SCC(C)(C)OCC(C)(C)OC)CC(=O)OC. The van der Waals surface area contributed by atoms with E-state index in [0.717, 1.165) is 11.8 Å². The first kappa shape index (κ1) is 32.3. The van der Waals surface area contributed by atoms with Gasteiger partial charge in [-0.3, -0.25) is 29.0 Å². The summed E-state index contributed by atoms with van der Waals surface area (Å²) in [6.07, 6.45) is 0. The third kappa shape index (κ3) is 15.2. The lowest BCUT2D eigenvalue weighted by Gasteiger charge is -2.31. The van der Waals surface area contributed by atoms with Gasteiger partial charge in [-0.1, -0.05) is 11.8 Å². The largest absolute Gasteiger partial charge is 0.468 e. The molecule has 34 heavy (non-hydrogen) atoms. The number of thioether (sulfide) groups is 1. The zero-order valence-corrected chi connectivity index (χ0v) is 22.5. The molecule has 0 saturated carbocycles. The second kappa shape index (κ2) is 16.0. The van der Waals surface area contributed by atoms with Crippen LogP contribution in [-0.4, -0.2) is 124 Å². The molecule has 0 spiro atoms. The summed E-state index contributed by atoms with van der Waals surface area (Å²) in [5.74, 6) is -1.13. The second-order valence-electron chi connectivity index (χ2n) is 8.82. The van der Waals surface area contributed by atoms with Crippen LogP contribution in [0.4, 0.5) is 0 Å². The molecule has 0 N–H and O–H groups in total. The number of nitrogens with zero attached hydrogens (tertiary/aromatic N) is 2. The fourth-order valence-corrected chi connectivity index (χ4v) is 3.27. The normalized spacial score (nSPS) is 12.1. The van der Waals surface area contributed by atoms with Gasteiger partial charge in [0.05, 0.1) is 65.3 Å². The Bertz CT molecular complexity index is 653. The Kier molecular flexibility index (Phi) is 15.2. The van der Waals surface area contributed by atoms with Crippen molar-refractivity contribution in [2.75, 3.05) is 80.1 Å². The average Bonchev–Trinajstić information content (AvgIpc) is 2.79. The van der Waals surface area contributed by atoms with E-state index in [1.165, 1.54) is 26.2 Å². The average molecular weight is 509 g/mol. The van der Waals surface area contributed by atoms with E-state index < -0.39 is 29.1 Å². The summed E-state index contributed by atoms with van der Waals surface area (Å²) in [5, 5.41) is -0.154. The molecule has 0 amide bonds. The molecule has 0 heterocycles. The van der Waals surface area contributed by atoms with Crippen molar-refractivity contribution in [2.24, 2.45) is 0 Å². The van der Waals surface area contributed by atoms with Gasteiger partial charge in [0.2, 0.25) is 5.12 Å². The minimum Gasteiger partial charge on any atom is -0.468 e. The van der Waals surface area contributed by atoms with Crippen molar-refractivity contribution in [3.05, 3.63) is 0 Å². The molecule has 0 unspecified atom stereocenters. The summed E-state index contributed by atoms with van der Waals surface area (Å²) in [6.45, 7) is 8.02. The van der Waals surface area contributed by atoms with Gasteiger partial charge in [0.25, 0.3) is 0 Å². The number of carbonyl (C=O) groups excluding carboxylic acids is 4. The molecular formula is C22H40N2O9S. The highest BCUT2D eigenvalue weighted by molar-refractivity contribution is 8.13. The van der Waals surface area contributed by atoms with Gasteiger partial charge in [0.15, 0.2) is 0 Å². The molecule has 0 aliphatic carbocycles. The maximum atomic E-state index is 12.6. The number of methoxy groups -OCH3 is 4. The van der Waals surface area contributed by atoms with Crippen molar-refractivity contribution in [1.29, 1.82) is 0 Å². The van der Waals surface area contributed by atoms with Crippen molar-refractivity contribution in [1.82, 2.24) is 9.80 Å². The van der Waals surface area contributed by atoms with Gasteiger partial charge in [0, 0.05) is 26.0 Å². The van der Waals surface area contributed by atoms with Crippen LogP contribution in [0.3, 0.4) is 0 Å². The van der Waals surface area contributed by atoms with E-state index in [9.17, 15) is 19.2 Å². The molecule has 0 aliphatic heterocycles. The van der Waals surface area contributed by atoms with E-state index in [-0.39, 0.29) is 44.4 Å². The van der Waals surface area contributed by atoms with E-state index >= 15 is 0 Å². The highest BCUT2D eigenvalue weighted by Crippen LogP contribution is 2.21. The zero-order valence-electron chi connectivity index (χ0n) is 21.6. The molecule has 0 aromatic rings. The van der Waals surface area contributed by atoms with Gasteiger partial charge in [-0.25, -0.2) is 0 Å². The van der Waals surface area contributed by atoms with Crippen LogP contribution in [-0.2, 0) is 42.9 Å². The molecular weight excluding hydrogens is 468 g/mol. The lowest BCUT2D eigenvalue weighted by Crippen LogP contribution is -2.43. The van der Waals surface area contributed by atoms with Gasteiger partial charge in [-0.05, 0) is 27.7 Å². The minimum absolute atomic E-state index is 0.0241. The summed E-state index contributed by atoms with van der Waals surface area (Å²) < 4.78 is 25.3. The second-order valence-corrected chi connectivity index (χ2v) is 9.86. The van der Waals surface area contributed by atoms with E-state index in [1.807, 2.05) is 27.7 Å². The number of esters is 3. The quantitative estimate of drug-likeness (QED) is 0.202. The van der Waals surface area contributed by atoms with E-state index in [0.29, 0.717) is 12.4 Å². The maximum absolute atomic E-state index is 12.6. The van der Waals surface area contributed by atoms with Gasteiger partial charge >= 0.3 is 17.9 Å². The Balaban J connectivity index is 5.00. The molecule has 0 fully saturated rings. The number of rotatable bonds is 17. The zero-order chi connectivity index (χ0) is 26.4. The molecule has 0 aliphatic rings. The molecule has 12 heteroatoms. The Morgan fingerprint density at radius 3 is 1.47 bits per heavy atom. The minimum atomic E-state index is -0.568. The third-order valence-corrected chi connectivity index (χ3v) is 6.06. The van der Waals surface area contributed by atoms with Crippen LogP contribution in [0.5, 0.6) is 0 Å². The van der Waals surface area contributed by atoms with Crippen LogP contribution in [0, 0.1) is 0 Å². The van der Waals surface area contributed by atoms with Crippen LogP contribution in [0.1, 0.15) is 27.7 Å². The number of ether oxygens (including phenoxy) is 5. The van der Waals surface area contributed by atoms with Crippen LogP contribution >= 0.6 is 11.8 Å². The van der Waals surface area contributed by atoms with Crippen molar-refractivity contribution in [3.8, 4) is 0 Å². The molecule has 0 atom stereocenters. The first-order valence-electron chi connectivity index (χ1n) is 10.8. The topological polar surface area (TPSA) is 121 Å². The fourth-order valence-electron chi connectivity index (χ4n) is 2.40. The standard InChI is InChI=1S/C22H40N2O9S/c1-21(2,32-8)15-33-22(3,4)16-34-20(28)14-24(13-19(27)31-7)10-9-23(11-17(25)29-5)12-18(26)30-6/h9-16H2,1-8H3. The Morgan fingerprint density at radius 1 is 0.676 bits per heavy atom. The molecule has 0 aromatic heterocycles. The Morgan fingerprint density at radius 2 is 1.09 bits per heavy atom. The van der Waals surface area contributed by atoms with Crippen molar-refractivity contribution >= 4 is 34.8 Å². The summed E-state index contributed by atoms with van der Waals surface area (Å²) in [5.41, 5.74) is -1.01. The Hall–Kier alpha value is -1.73. The molecule has 0 bridgehead atoms. The summed E-state index contributed by atoms with van der Waals surface area (Å²) >= 11 is 1.11. The number of carbonyl (C=O) groups is 4. The van der Waals surface area contributed by atoms with E-state index in [1.54, 1.807) is 12.0 Å². The first-order valence-corrected chi connectivity index (χ1v) is 11.8. The highest BCUT2D eigenvalue weighted by Gasteiger charge is 2.26. The fraction of sp³-hybridized carbons (Fsp3) is 0.818. The first-order chi connectivity index (χ1) is 15.8. The number of hydrogen-bond acceptors (Lipinski definition) is 12.